The first-order valence-corrected chi connectivity index (χ1v) is 16.1. The molecule has 0 heterocycles. The van der Waals surface area contributed by atoms with Gasteiger partial charge in [-0.05, 0) is 32.1 Å². The molecule has 0 saturated heterocycles. The number of unbranched alkanes of at least 4 members (excludes halogenated alkanes) is 19. The van der Waals surface area contributed by atoms with E-state index in [4.69, 9.17) is 9.84 Å². The van der Waals surface area contributed by atoms with Crippen molar-refractivity contribution in [1.82, 2.24) is 0 Å². The molecule has 1 unspecified atom stereocenters. The molecule has 0 aromatic heterocycles. The SMILES string of the molecule is CCCCCCCC/C=C\CCCCCCCCCCCCCCCC(=O)OC(CC(=O)O)C[N+](C)(C)C. The van der Waals surface area contributed by atoms with Gasteiger partial charge in [-0.15, -0.1) is 0 Å². The lowest BCUT2D eigenvalue weighted by Gasteiger charge is -2.28. The molecule has 1 atom stereocenters. The second-order valence-corrected chi connectivity index (χ2v) is 12.3. The van der Waals surface area contributed by atoms with Crippen LogP contribution in [0.1, 0.15) is 155 Å². The number of carboxylic acid groups (broad SMARTS) is 1. The number of hydrogen-bond acceptors (Lipinski definition) is 3. The third kappa shape index (κ3) is 29.2. The molecule has 38 heavy (non-hydrogen) atoms. The van der Waals surface area contributed by atoms with Gasteiger partial charge in [0.2, 0.25) is 0 Å². The highest BCUT2D eigenvalue weighted by atomic mass is 16.5. The Morgan fingerprint density at radius 3 is 1.45 bits per heavy atom. The zero-order valence-electron chi connectivity index (χ0n) is 25.8. The van der Waals surface area contributed by atoms with Gasteiger partial charge in [0.15, 0.2) is 6.10 Å². The van der Waals surface area contributed by atoms with E-state index in [9.17, 15) is 9.59 Å². The summed E-state index contributed by atoms with van der Waals surface area (Å²) in [5, 5.41) is 9.06. The van der Waals surface area contributed by atoms with E-state index >= 15 is 0 Å². The molecule has 0 saturated carbocycles. The van der Waals surface area contributed by atoms with Gasteiger partial charge in [0.25, 0.3) is 0 Å². The van der Waals surface area contributed by atoms with Crippen molar-refractivity contribution in [2.24, 2.45) is 0 Å². The van der Waals surface area contributed by atoms with Crippen molar-refractivity contribution in [3.8, 4) is 0 Å². The molecular weight excluding hydrogens is 474 g/mol. The van der Waals surface area contributed by atoms with Gasteiger partial charge >= 0.3 is 11.9 Å². The lowest BCUT2D eigenvalue weighted by atomic mass is 10.0. The lowest BCUT2D eigenvalue weighted by molar-refractivity contribution is -0.873. The number of allylic oxidation sites excluding steroid dienone is 2. The molecule has 0 spiro atoms. The predicted molar refractivity (Wildman–Crippen MR) is 161 cm³/mol. The van der Waals surface area contributed by atoms with E-state index in [1.54, 1.807) is 0 Å². The summed E-state index contributed by atoms with van der Waals surface area (Å²) in [6, 6.07) is 0. The Hall–Kier alpha value is -1.36. The van der Waals surface area contributed by atoms with Crippen LogP contribution in [0.4, 0.5) is 0 Å². The van der Waals surface area contributed by atoms with Crippen molar-refractivity contribution in [1.29, 1.82) is 0 Å². The Balaban J connectivity index is 3.42. The first kappa shape index (κ1) is 36.6. The van der Waals surface area contributed by atoms with Crippen LogP contribution >= 0.6 is 0 Å². The predicted octanol–water partition coefficient (Wildman–Crippen LogP) is 9.24. The molecule has 0 aliphatic rings. The van der Waals surface area contributed by atoms with Crippen LogP contribution in [-0.4, -0.2) is 55.3 Å². The van der Waals surface area contributed by atoms with Gasteiger partial charge in [0, 0.05) is 6.42 Å². The van der Waals surface area contributed by atoms with E-state index < -0.39 is 12.1 Å². The fraction of sp³-hybridized carbons (Fsp3) is 0.879. The molecule has 0 aliphatic carbocycles. The Bertz CT molecular complexity index is 582. The number of carboxylic acids is 1. The van der Waals surface area contributed by atoms with Crippen molar-refractivity contribution in [2.45, 2.75) is 161 Å². The van der Waals surface area contributed by atoms with Crippen molar-refractivity contribution in [2.75, 3.05) is 27.7 Å². The van der Waals surface area contributed by atoms with Crippen LogP contribution in [0.3, 0.4) is 0 Å². The zero-order valence-corrected chi connectivity index (χ0v) is 25.8. The van der Waals surface area contributed by atoms with Gasteiger partial charge in [0.05, 0.1) is 27.6 Å². The number of ether oxygens (including phenoxy) is 1. The molecular formula is C33H64NO4+. The normalized spacial score (nSPS) is 12.7. The Labute approximate surface area is 236 Å². The molecule has 0 amide bonds. The number of esters is 1. The molecule has 0 fully saturated rings. The van der Waals surface area contributed by atoms with E-state index in [1.165, 1.54) is 116 Å². The van der Waals surface area contributed by atoms with Gasteiger partial charge in [-0.3, -0.25) is 9.59 Å². The molecule has 0 bridgehead atoms. The molecule has 0 radical (unpaired) electrons. The average Bonchev–Trinajstić information content (AvgIpc) is 2.83. The molecule has 0 aliphatic heterocycles. The molecule has 0 aromatic rings. The Morgan fingerprint density at radius 2 is 1.05 bits per heavy atom. The average molecular weight is 539 g/mol. The number of rotatable bonds is 28. The van der Waals surface area contributed by atoms with E-state index in [2.05, 4.69) is 19.1 Å². The number of likely N-dealkylation sites (N-methyl/N-ethyl adjacent to an activating group) is 1. The Morgan fingerprint density at radius 1 is 0.658 bits per heavy atom. The maximum absolute atomic E-state index is 12.1. The number of carbonyl (C=O) groups excluding carboxylic acids is 1. The number of aliphatic carboxylic acids is 1. The molecule has 1 N–H and O–H groups in total. The van der Waals surface area contributed by atoms with Gasteiger partial charge in [0.1, 0.15) is 6.54 Å². The fourth-order valence-corrected chi connectivity index (χ4v) is 4.95. The standard InChI is InChI=1S/C33H63NO4/c1-5-6-7-8-9-10-11-12-13-14-15-16-17-18-19-20-21-22-23-24-25-26-27-28-33(37)38-31(29-32(35)36)30-34(2,3)4/h12-13,31H,5-11,14-30H2,1-4H3/p+1/b13-12-. The molecule has 0 aromatic carbocycles. The summed E-state index contributed by atoms with van der Waals surface area (Å²) in [5.74, 6) is -1.18. The summed E-state index contributed by atoms with van der Waals surface area (Å²) in [6.07, 6.45) is 31.9. The number of carbonyl (C=O) groups is 2. The topological polar surface area (TPSA) is 63.6 Å². The van der Waals surface area contributed by atoms with Crippen LogP contribution in [0.15, 0.2) is 12.2 Å². The maximum atomic E-state index is 12.1. The van der Waals surface area contributed by atoms with E-state index in [-0.39, 0.29) is 12.4 Å². The highest BCUT2D eigenvalue weighted by Gasteiger charge is 2.24. The van der Waals surface area contributed by atoms with Crippen molar-refractivity contribution >= 4 is 11.9 Å². The van der Waals surface area contributed by atoms with Crippen LogP contribution in [0.2, 0.25) is 0 Å². The van der Waals surface area contributed by atoms with Gasteiger partial charge in [-0.2, -0.15) is 0 Å². The van der Waals surface area contributed by atoms with Crippen molar-refractivity contribution in [3.63, 3.8) is 0 Å². The summed E-state index contributed by atoms with van der Waals surface area (Å²) in [7, 11) is 5.92. The van der Waals surface area contributed by atoms with E-state index in [0.29, 0.717) is 17.4 Å². The fourth-order valence-electron chi connectivity index (χ4n) is 4.95. The molecule has 0 rings (SSSR count). The summed E-state index contributed by atoms with van der Waals surface area (Å²) < 4.78 is 6.02. The highest BCUT2D eigenvalue weighted by molar-refractivity contribution is 5.71. The van der Waals surface area contributed by atoms with Gasteiger partial charge in [-0.25, -0.2) is 0 Å². The summed E-state index contributed by atoms with van der Waals surface area (Å²) in [6.45, 7) is 2.79. The van der Waals surface area contributed by atoms with Crippen LogP contribution in [0.25, 0.3) is 0 Å². The van der Waals surface area contributed by atoms with E-state index in [1.807, 2.05) is 21.1 Å². The van der Waals surface area contributed by atoms with Gasteiger partial charge < -0.3 is 14.3 Å². The monoisotopic (exact) mass is 538 g/mol. The second kappa shape index (κ2) is 25.9. The van der Waals surface area contributed by atoms with Crippen molar-refractivity contribution < 1.29 is 23.9 Å². The first-order chi connectivity index (χ1) is 18.2. The number of quaternary nitrogens is 1. The minimum atomic E-state index is -0.923. The molecule has 5 heteroatoms. The largest absolute Gasteiger partial charge is 0.481 e. The summed E-state index contributed by atoms with van der Waals surface area (Å²) >= 11 is 0. The third-order valence-corrected chi connectivity index (χ3v) is 7.09. The minimum absolute atomic E-state index is 0.127. The van der Waals surface area contributed by atoms with Crippen LogP contribution < -0.4 is 0 Å². The van der Waals surface area contributed by atoms with Crippen LogP contribution in [0, 0.1) is 0 Å². The number of hydrogen-bond donors (Lipinski definition) is 1. The first-order valence-electron chi connectivity index (χ1n) is 16.1. The Kier molecular flexibility index (Phi) is 25.0. The summed E-state index contributed by atoms with van der Waals surface area (Å²) in [4.78, 5) is 23.2. The van der Waals surface area contributed by atoms with E-state index in [0.717, 1.165) is 19.3 Å². The highest BCUT2D eigenvalue weighted by Crippen LogP contribution is 2.15. The smallest absolute Gasteiger partial charge is 0.307 e. The number of nitrogens with zero attached hydrogens (tertiary/aromatic N) is 1. The molecule has 5 nitrogen and oxygen atoms in total. The summed E-state index contributed by atoms with van der Waals surface area (Å²) in [5.41, 5.74) is 0. The van der Waals surface area contributed by atoms with Crippen LogP contribution in [-0.2, 0) is 14.3 Å². The van der Waals surface area contributed by atoms with Gasteiger partial charge in [-0.1, -0.05) is 122 Å². The lowest BCUT2D eigenvalue weighted by Crippen LogP contribution is -2.43. The third-order valence-electron chi connectivity index (χ3n) is 7.09. The second-order valence-electron chi connectivity index (χ2n) is 12.3. The maximum Gasteiger partial charge on any atom is 0.307 e. The zero-order chi connectivity index (χ0) is 28.3. The van der Waals surface area contributed by atoms with Crippen molar-refractivity contribution in [3.05, 3.63) is 12.2 Å². The minimum Gasteiger partial charge on any atom is -0.481 e. The quantitative estimate of drug-likeness (QED) is 0.0466. The molecule has 224 valence electrons. The van der Waals surface area contributed by atoms with Crippen LogP contribution in [0.5, 0.6) is 0 Å².